The molecule has 7 heavy (non-hydrogen) atoms. The van der Waals surface area contributed by atoms with Gasteiger partial charge < -0.3 is 0 Å². The first-order valence-corrected chi connectivity index (χ1v) is 3.01. The van der Waals surface area contributed by atoms with Gasteiger partial charge in [0, 0.05) is 0 Å². The second-order valence-electron chi connectivity index (χ2n) is 2.87. The Balaban J connectivity index is 2.30. The Kier molecular flexibility index (Phi) is 0.421. The maximum absolute atomic E-state index is 2.35. The molecule has 0 heterocycles. The van der Waals surface area contributed by atoms with Gasteiger partial charge >= 0.3 is 0 Å². The van der Waals surface area contributed by atoms with E-state index in [0.29, 0.717) is 0 Å². The van der Waals surface area contributed by atoms with E-state index in [2.05, 4.69) is 13.0 Å². The molecule has 0 N–H and O–H groups in total. The van der Waals surface area contributed by atoms with Gasteiger partial charge in [0.25, 0.3) is 0 Å². The normalized spacial score (nSPS) is 31.9. The SMILES string of the molecule is CC1=CCC12CC2. The summed E-state index contributed by atoms with van der Waals surface area (Å²) in [5.74, 6) is 0. The average Bonchev–Trinajstić information content (AvgIpc) is 2.40. The summed E-state index contributed by atoms with van der Waals surface area (Å²) in [6, 6.07) is 0. The van der Waals surface area contributed by atoms with Crippen LogP contribution >= 0.6 is 0 Å². The van der Waals surface area contributed by atoms with E-state index in [1.165, 1.54) is 19.3 Å². The molecule has 0 aromatic heterocycles. The van der Waals surface area contributed by atoms with Gasteiger partial charge in [-0.3, -0.25) is 0 Å². The smallest absolute Gasteiger partial charge is 0.00557 e. The molecular weight excluding hydrogens is 84.1 g/mol. The lowest BCUT2D eigenvalue weighted by Gasteiger charge is -2.22. The summed E-state index contributed by atoms with van der Waals surface area (Å²) in [4.78, 5) is 0. The molecule has 0 aromatic carbocycles. The van der Waals surface area contributed by atoms with Crippen LogP contribution in [0.2, 0.25) is 0 Å². The Morgan fingerprint density at radius 1 is 1.57 bits per heavy atom. The molecule has 2 aliphatic carbocycles. The number of hydrogen-bond acceptors (Lipinski definition) is 0. The van der Waals surface area contributed by atoms with E-state index in [-0.39, 0.29) is 0 Å². The van der Waals surface area contributed by atoms with Crippen LogP contribution < -0.4 is 0 Å². The van der Waals surface area contributed by atoms with Gasteiger partial charge in [-0.05, 0) is 31.6 Å². The zero-order valence-corrected chi connectivity index (χ0v) is 4.70. The fraction of sp³-hybridized carbons (Fsp3) is 0.714. The summed E-state index contributed by atoms with van der Waals surface area (Å²) in [6.45, 7) is 2.26. The zero-order chi connectivity index (χ0) is 4.91. The minimum atomic E-state index is 0.792. The Morgan fingerprint density at radius 3 is 2.29 bits per heavy atom. The summed E-state index contributed by atoms with van der Waals surface area (Å²) in [7, 11) is 0. The van der Waals surface area contributed by atoms with E-state index >= 15 is 0 Å². The fourth-order valence-electron chi connectivity index (χ4n) is 1.34. The lowest BCUT2D eigenvalue weighted by atomic mass is 9.83. The summed E-state index contributed by atoms with van der Waals surface area (Å²) in [6.07, 6.45) is 6.70. The third kappa shape index (κ3) is 0.287. The van der Waals surface area contributed by atoms with E-state index in [4.69, 9.17) is 0 Å². The number of hydrogen-bond donors (Lipinski definition) is 0. The predicted octanol–water partition coefficient (Wildman–Crippen LogP) is 2.12. The van der Waals surface area contributed by atoms with Gasteiger partial charge in [-0.1, -0.05) is 11.6 Å². The summed E-state index contributed by atoms with van der Waals surface area (Å²) in [5.41, 5.74) is 2.45. The van der Waals surface area contributed by atoms with E-state index in [1.807, 2.05) is 0 Å². The van der Waals surface area contributed by atoms with E-state index in [0.717, 1.165) is 5.41 Å². The van der Waals surface area contributed by atoms with E-state index in [9.17, 15) is 0 Å². The van der Waals surface area contributed by atoms with Crippen LogP contribution in [0.5, 0.6) is 0 Å². The van der Waals surface area contributed by atoms with Crippen molar-refractivity contribution < 1.29 is 0 Å². The molecule has 0 aliphatic heterocycles. The highest BCUT2D eigenvalue weighted by Gasteiger charge is 2.47. The maximum Gasteiger partial charge on any atom is -0.00557 e. The van der Waals surface area contributed by atoms with Gasteiger partial charge in [-0.2, -0.15) is 0 Å². The molecule has 0 atom stereocenters. The molecule has 2 aliphatic rings. The molecule has 0 heteroatoms. The lowest BCUT2D eigenvalue weighted by Crippen LogP contribution is -2.09. The van der Waals surface area contributed by atoms with Crippen LogP contribution in [0.15, 0.2) is 11.6 Å². The molecule has 0 amide bonds. The molecule has 1 spiro atoms. The molecule has 1 saturated carbocycles. The van der Waals surface area contributed by atoms with Crippen molar-refractivity contribution in [3.63, 3.8) is 0 Å². The van der Waals surface area contributed by atoms with Crippen molar-refractivity contribution in [2.75, 3.05) is 0 Å². The second kappa shape index (κ2) is 0.795. The molecule has 0 aromatic rings. The first-order chi connectivity index (χ1) is 3.33. The fourth-order valence-corrected chi connectivity index (χ4v) is 1.34. The Hall–Kier alpha value is -0.260. The van der Waals surface area contributed by atoms with Gasteiger partial charge in [-0.15, -0.1) is 0 Å². The van der Waals surface area contributed by atoms with Crippen molar-refractivity contribution in [1.29, 1.82) is 0 Å². The molecule has 0 bridgehead atoms. The molecule has 0 unspecified atom stereocenters. The van der Waals surface area contributed by atoms with Crippen LogP contribution in [0, 0.1) is 5.41 Å². The topological polar surface area (TPSA) is 0 Å². The van der Waals surface area contributed by atoms with Crippen LogP contribution in [-0.4, -0.2) is 0 Å². The Morgan fingerprint density at radius 2 is 2.29 bits per heavy atom. The van der Waals surface area contributed by atoms with Crippen LogP contribution in [0.4, 0.5) is 0 Å². The highest BCUT2D eigenvalue weighted by atomic mass is 14.5. The molecular formula is C7H10. The largest absolute Gasteiger partial charge is 0.0842 e. The third-order valence-electron chi connectivity index (χ3n) is 2.49. The van der Waals surface area contributed by atoms with Crippen molar-refractivity contribution in [2.45, 2.75) is 26.2 Å². The van der Waals surface area contributed by atoms with Crippen molar-refractivity contribution in [2.24, 2.45) is 5.41 Å². The van der Waals surface area contributed by atoms with Crippen LogP contribution in [0.25, 0.3) is 0 Å². The molecule has 0 nitrogen and oxygen atoms in total. The van der Waals surface area contributed by atoms with Crippen LogP contribution in [-0.2, 0) is 0 Å². The van der Waals surface area contributed by atoms with Gasteiger partial charge in [0.15, 0.2) is 0 Å². The highest BCUT2D eigenvalue weighted by Crippen LogP contribution is 2.60. The molecule has 2 rings (SSSR count). The zero-order valence-electron chi connectivity index (χ0n) is 4.70. The monoisotopic (exact) mass is 94.1 g/mol. The van der Waals surface area contributed by atoms with Crippen LogP contribution in [0.1, 0.15) is 26.2 Å². The van der Waals surface area contributed by atoms with Gasteiger partial charge in [0.1, 0.15) is 0 Å². The third-order valence-corrected chi connectivity index (χ3v) is 2.49. The van der Waals surface area contributed by atoms with Crippen molar-refractivity contribution in [3.05, 3.63) is 11.6 Å². The van der Waals surface area contributed by atoms with E-state index < -0.39 is 0 Å². The highest BCUT2D eigenvalue weighted by molar-refractivity contribution is 5.30. The summed E-state index contributed by atoms with van der Waals surface area (Å²) in [5, 5.41) is 0. The lowest BCUT2D eigenvalue weighted by molar-refractivity contribution is 0.551. The van der Waals surface area contributed by atoms with Crippen molar-refractivity contribution >= 4 is 0 Å². The van der Waals surface area contributed by atoms with E-state index in [1.54, 1.807) is 5.57 Å². The molecule has 38 valence electrons. The molecule has 1 fully saturated rings. The van der Waals surface area contributed by atoms with Gasteiger partial charge in [0.2, 0.25) is 0 Å². The minimum Gasteiger partial charge on any atom is -0.0842 e. The summed E-state index contributed by atoms with van der Waals surface area (Å²) >= 11 is 0. The van der Waals surface area contributed by atoms with Crippen molar-refractivity contribution in [3.8, 4) is 0 Å². The van der Waals surface area contributed by atoms with Crippen molar-refractivity contribution in [1.82, 2.24) is 0 Å². The van der Waals surface area contributed by atoms with Gasteiger partial charge in [0.05, 0.1) is 0 Å². The Bertz CT molecular complexity index is 127. The predicted molar refractivity (Wildman–Crippen MR) is 30.0 cm³/mol. The Labute approximate surface area is 44.2 Å². The van der Waals surface area contributed by atoms with Gasteiger partial charge in [-0.25, -0.2) is 0 Å². The summed E-state index contributed by atoms with van der Waals surface area (Å²) < 4.78 is 0. The van der Waals surface area contributed by atoms with Crippen LogP contribution in [0.3, 0.4) is 0 Å². The average molecular weight is 94.2 g/mol. The quantitative estimate of drug-likeness (QED) is 0.403. The molecule has 0 saturated heterocycles. The first-order valence-electron chi connectivity index (χ1n) is 3.01. The molecule has 0 radical (unpaired) electrons. The number of allylic oxidation sites excluding steroid dienone is 2. The minimum absolute atomic E-state index is 0.792. The second-order valence-corrected chi connectivity index (χ2v) is 2.87. The maximum atomic E-state index is 2.35. The number of rotatable bonds is 0. The first kappa shape index (κ1) is 3.71. The standard InChI is InChI=1S/C7H10/c1-6-2-3-7(6)4-5-7/h2H,3-5H2,1H3.